The molecule has 0 saturated carbocycles. The summed E-state index contributed by atoms with van der Waals surface area (Å²) in [6.45, 7) is 3.19. The Morgan fingerprint density at radius 3 is 2.60 bits per heavy atom. The summed E-state index contributed by atoms with van der Waals surface area (Å²) in [6, 6.07) is -0.724. The number of halogens is 3. The standard InChI is InChI=1S/C8H9F3N2OS/c1-4-3-15-6(12-4)5(2)13-7(14)8(9,10)11/h3,5H,1-2H3,(H,13,14). The number of hydrogen-bond acceptors (Lipinski definition) is 3. The Morgan fingerprint density at radius 1 is 1.60 bits per heavy atom. The monoisotopic (exact) mass is 238 g/mol. The first-order valence-electron chi connectivity index (χ1n) is 4.10. The minimum atomic E-state index is -4.85. The van der Waals surface area contributed by atoms with Gasteiger partial charge >= 0.3 is 12.1 Å². The maximum atomic E-state index is 11.9. The van der Waals surface area contributed by atoms with Crippen molar-refractivity contribution in [3.8, 4) is 0 Å². The summed E-state index contributed by atoms with van der Waals surface area (Å²) in [4.78, 5) is 14.6. The van der Waals surface area contributed by atoms with Crippen molar-refractivity contribution in [3.05, 3.63) is 16.1 Å². The van der Waals surface area contributed by atoms with Crippen LogP contribution in [0.25, 0.3) is 0 Å². The minimum absolute atomic E-state index is 0.463. The molecule has 0 aliphatic carbocycles. The van der Waals surface area contributed by atoms with E-state index < -0.39 is 18.1 Å². The molecule has 0 aliphatic rings. The van der Waals surface area contributed by atoms with E-state index in [2.05, 4.69) is 4.98 Å². The van der Waals surface area contributed by atoms with Gasteiger partial charge in [0.05, 0.1) is 6.04 Å². The zero-order valence-corrected chi connectivity index (χ0v) is 8.87. The lowest BCUT2D eigenvalue weighted by atomic mass is 10.3. The molecule has 7 heteroatoms. The number of aryl methyl sites for hydroxylation is 1. The first-order chi connectivity index (χ1) is 6.80. The molecule has 1 unspecified atom stereocenters. The summed E-state index contributed by atoms with van der Waals surface area (Å²) in [5, 5.41) is 4.01. The topological polar surface area (TPSA) is 42.0 Å². The largest absolute Gasteiger partial charge is 0.471 e. The van der Waals surface area contributed by atoms with Crippen LogP contribution in [0, 0.1) is 6.92 Å². The third-order valence-corrected chi connectivity index (χ3v) is 2.76. The van der Waals surface area contributed by atoms with Gasteiger partial charge in [0.25, 0.3) is 0 Å². The first kappa shape index (κ1) is 12.0. The van der Waals surface area contributed by atoms with Gasteiger partial charge in [-0.1, -0.05) is 0 Å². The second kappa shape index (κ2) is 4.18. The van der Waals surface area contributed by atoms with Crippen LogP contribution in [0.5, 0.6) is 0 Å². The van der Waals surface area contributed by atoms with Crippen LogP contribution in [0.2, 0.25) is 0 Å². The van der Waals surface area contributed by atoms with E-state index >= 15 is 0 Å². The number of rotatable bonds is 2. The van der Waals surface area contributed by atoms with Gasteiger partial charge in [0.1, 0.15) is 5.01 Å². The van der Waals surface area contributed by atoms with E-state index in [4.69, 9.17) is 0 Å². The molecule has 84 valence electrons. The van der Waals surface area contributed by atoms with Crippen LogP contribution in [0.1, 0.15) is 23.7 Å². The highest BCUT2D eigenvalue weighted by atomic mass is 32.1. The van der Waals surface area contributed by atoms with Gasteiger partial charge in [-0.3, -0.25) is 4.79 Å². The fourth-order valence-electron chi connectivity index (χ4n) is 0.911. The first-order valence-corrected chi connectivity index (χ1v) is 4.98. The number of carbonyl (C=O) groups is 1. The Bertz CT molecular complexity index is 361. The number of aromatic nitrogens is 1. The third-order valence-electron chi connectivity index (χ3n) is 1.61. The molecular formula is C8H9F3N2OS. The van der Waals surface area contributed by atoms with Crippen LogP contribution in [0.3, 0.4) is 0 Å². The number of nitrogens with one attached hydrogen (secondary N) is 1. The van der Waals surface area contributed by atoms with Crippen molar-refractivity contribution in [1.82, 2.24) is 10.3 Å². The van der Waals surface area contributed by atoms with Crippen LogP contribution in [0.4, 0.5) is 13.2 Å². The average Bonchev–Trinajstić information content (AvgIpc) is 2.50. The van der Waals surface area contributed by atoms with Crippen LogP contribution < -0.4 is 5.32 Å². The summed E-state index contributed by atoms with van der Waals surface area (Å²) >= 11 is 1.22. The number of amides is 1. The molecule has 0 saturated heterocycles. The second-order valence-electron chi connectivity index (χ2n) is 3.02. The van der Waals surface area contributed by atoms with E-state index in [0.29, 0.717) is 5.01 Å². The lowest BCUT2D eigenvalue weighted by Gasteiger charge is -2.12. The Kier molecular flexibility index (Phi) is 3.33. The molecule has 1 N–H and O–H groups in total. The lowest BCUT2D eigenvalue weighted by molar-refractivity contribution is -0.174. The van der Waals surface area contributed by atoms with Crippen molar-refractivity contribution in [2.24, 2.45) is 0 Å². The van der Waals surface area contributed by atoms with Gasteiger partial charge in [-0.2, -0.15) is 13.2 Å². The zero-order chi connectivity index (χ0) is 11.6. The average molecular weight is 238 g/mol. The summed E-state index contributed by atoms with van der Waals surface area (Å²) < 4.78 is 35.7. The predicted molar refractivity (Wildman–Crippen MR) is 49.5 cm³/mol. The van der Waals surface area contributed by atoms with E-state index in [1.54, 1.807) is 12.3 Å². The van der Waals surface area contributed by atoms with Gasteiger partial charge < -0.3 is 5.32 Å². The van der Waals surface area contributed by atoms with Crippen molar-refractivity contribution in [3.63, 3.8) is 0 Å². The van der Waals surface area contributed by atoms with Crippen LogP contribution in [-0.4, -0.2) is 17.1 Å². The molecule has 1 heterocycles. The highest BCUT2D eigenvalue weighted by molar-refractivity contribution is 7.09. The van der Waals surface area contributed by atoms with Crippen molar-refractivity contribution in [2.75, 3.05) is 0 Å². The van der Waals surface area contributed by atoms with Gasteiger partial charge in [0.2, 0.25) is 0 Å². The zero-order valence-electron chi connectivity index (χ0n) is 8.05. The Hall–Kier alpha value is -1.11. The number of carbonyl (C=O) groups excluding carboxylic acids is 1. The van der Waals surface area contributed by atoms with Gasteiger partial charge in [0.15, 0.2) is 0 Å². The van der Waals surface area contributed by atoms with E-state index in [-0.39, 0.29) is 0 Å². The van der Waals surface area contributed by atoms with Gasteiger partial charge in [-0.05, 0) is 13.8 Å². The number of nitrogens with zero attached hydrogens (tertiary/aromatic N) is 1. The number of thiazole rings is 1. The smallest absolute Gasteiger partial charge is 0.339 e. The molecule has 3 nitrogen and oxygen atoms in total. The van der Waals surface area contributed by atoms with Gasteiger partial charge in [-0.25, -0.2) is 4.98 Å². The summed E-state index contributed by atoms with van der Waals surface area (Å²) in [7, 11) is 0. The molecule has 0 radical (unpaired) electrons. The minimum Gasteiger partial charge on any atom is -0.339 e. The number of hydrogen-bond donors (Lipinski definition) is 1. The molecule has 0 bridgehead atoms. The summed E-state index contributed by atoms with van der Waals surface area (Å²) in [6.07, 6.45) is -4.85. The molecule has 0 spiro atoms. The Morgan fingerprint density at radius 2 is 2.20 bits per heavy atom. The van der Waals surface area contributed by atoms with Crippen LogP contribution in [-0.2, 0) is 4.79 Å². The van der Waals surface area contributed by atoms with E-state index in [1.165, 1.54) is 18.3 Å². The molecule has 1 atom stereocenters. The van der Waals surface area contributed by atoms with Gasteiger partial charge in [-0.15, -0.1) is 11.3 Å². The maximum absolute atomic E-state index is 11.9. The van der Waals surface area contributed by atoms with Crippen LogP contribution in [0.15, 0.2) is 5.38 Å². The summed E-state index contributed by atoms with van der Waals surface area (Å²) in [5.74, 6) is -1.94. The maximum Gasteiger partial charge on any atom is 0.471 e. The predicted octanol–water partition coefficient (Wildman–Crippen LogP) is 2.19. The Balaban J connectivity index is 2.64. The molecule has 1 rings (SSSR count). The van der Waals surface area contributed by atoms with E-state index in [1.807, 2.05) is 5.32 Å². The second-order valence-corrected chi connectivity index (χ2v) is 3.91. The lowest BCUT2D eigenvalue weighted by Crippen LogP contribution is -2.38. The van der Waals surface area contributed by atoms with Crippen molar-refractivity contribution >= 4 is 17.2 Å². The van der Waals surface area contributed by atoms with Crippen LogP contribution >= 0.6 is 11.3 Å². The molecule has 0 aromatic carbocycles. The third kappa shape index (κ3) is 3.19. The van der Waals surface area contributed by atoms with Crippen molar-refractivity contribution < 1.29 is 18.0 Å². The fraction of sp³-hybridized carbons (Fsp3) is 0.500. The van der Waals surface area contributed by atoms with Gasteiger partial charge in [0, 0.05) is 11.1 Å². The van der Waals surface area contributed by atoms with E-state index in [9.17, 15) is 18.0 Å². The Labute approximate surface area is 88.3 Å². The van der Waals surface area contributed by atoms with Crippen molar-refractivity contribution in [1.29, 1.82) is 0 Å². The normalized spacial score (nSPS) is 13.7. The number of alkyl halides is 3. The molecular weight excluding hydrogens is 229 g/mol. The SMILES string of the molecule is Cc1csc(C(C)NC(=O)C(F)(F)F)n1. The summed E-state index contributed by atoms with van der Waals surface area (Å²) in [5.41, 5.74) is 0.725. The molecule has 0 fully saturated rings. The molecule has 1 amide bonds. The quantitative estimate of drug-likeness (QED) is 0.858. The molecule has 15 heavy (non-hydrogen) atoms. The molecule has 1 aromatic rings. The highest BCUT2D eigenvalue weighted by Gasteiger charge is 2.39. The fourth-order valence-corrected chi connectivity index (χ4v) is 1.72. The van der Waals surface area contributed by atoms with Crippen molar-refractivity contribution in [2.45, 2.75) is 26.1 Å². The molecule has 1 aromatic heterocycles. The molecule has 0 aliphatic heterocycles. The highest BCUT2D eigenvalue weighted by Crippen LogP contribution is 2.20. The van der Waals surface area contributed by atoms with E-state index in [0.717, 1.165) is 5.69 Å².